The van der Waals surface area contributed by atoms with Crippen LogP contribution in [-0.2, 0) is 6.54 Å². The van der Waals surface area contributed by atoms with E-state index in [9.17, 15) is 0 Å². The predicted octanol–water partition coefficient (Wildman–Crippen LogP) is 1.70. The molecule has 3 heteroatoms. The molecular weight excluding hydrogens is 176 g/mol. The summed E-state index contributed by atoms with van der Waals surface area (Å²) in [5.74, 6) is 0.825. The summed E-state index contributed by atoms with van der Waals surface area (Å²) < 4.78 is 5.18. The van der Waals surface area contributed by atoms with Gasteiger partial charge >= 0.3 is 0 Å². The van der Waals surface area contributed by atoms with Crippen molar-refractivity contribution in [2.24, 2.45) is 5.73 Å². The van der Waals surface area contributed by atoms with Crippen LogP contribution in [-0.4, -0.2) is 12.1 Å². The van der Waals surface area contributed by atoms with Crippen molar-refractivity contribution in [2.45, 2.75) is 6.54 Å². The van der Waals surface area contributed by atoms with Crippen molar-refractivity contribution in [3.05, 3.63) is 36.0 Å². The number of nitrogens with zero attached hydrogens (tertiary/aromatic N) is 1. The summed E-state index contributed by atoms with van der Waals surface area (Å²) in [6.07, 6.45) is 1.77. The van der Waals surface area contributed by atoms with Crippen LogP contribution in [0.2, 0.25) is 0 Å². The topological polar surface area (TPSA) is 48.1 Å². The first-order valence-electron chi connectivity index (χ1n) is 4.47. The summed E-state index contributed by atoms with van der Waals surface area (Å²) in [5.41, 5.74) is 7.61. The van der Waals surface area contributed by atoms with Gasteiger partial charge in [0.25, 0.3) is 0 Å². The summed E-state index contributed by atoms with van der Waals surface area (Å²) in [6, 6.07) is 7.79. The molecule has 2 aromatic rings. The van der Waals surface area contributed by atoms with Gasteiger partial charge in [-0.3, -0.25) is 4.98 Å². The third-order valence-corrected chi connectivity index (χ3v) is 2.21. The molecule has 2 N–H and O–H groups in total. The van der Waals surface area contributed by atoms with Crippen molar-refractivity contribution in [2.75, 3.05) is 7.11 Å². The van der Waals surface area contributed by atoms with Gasteiger partial charge < -0.3 is 10.5 Å². The minimum Gasteiger partial charge on any atom is -0.497 e. The maximum Gasteiger partial charge on any atom is 0.119 e. The van der Waals surface area contributed by atoms with E-state index >= 15 is 0 Å². The molecule has 0 fully saturated rings. The van der Waals surface area contributed by atoms with Gasteiger partial charge in [-0.1, -0.05) is 6.07 Å². The maximum absolute atomic E-state index is 5.64. The summed E-state index contributed by atoms with van der Waals surface area (Å²) in [4.78, 5) is 4.29. The van der Waals surface area contributed by atoms with E-state index in [1.807, 2.05) is 24.3 Å². The second-order valence-corrected chi connectivity index (χ2v) is 3.07. The Morgan fingerprint density at radius 1 is 1.43 bits per heavy atom. The number of fused-ring (bicyclic) bond motifs is 1. The quantitative estimate of drug-likeness (QED) is 0.780. The number of aromatic nitrogens is 1. The third-order valence-electron chi connectivity index (χ3n) is 2.21. The van der Waals surface area contributed by atoms with Gasteiger partial charge in [-0.15, -0.1) is 0 Å². The van der Waals surface area contributed by atoms with Gasteiger partial charge in [-0.05, 0) is 23.8 Å². The molecule has 72 valence electrons. The lowest BCUT2D eigenvalue weighted by atomic mass is 10.1. The highest BCUT2D eigenvalue weighted by molar-refractivity contribution is 5.83. The molecule has 0 radical (unpaired) electrons. The highest BCUT2D eigenvalue weighted by Crippen LogP contribution is 2.22. The lowest BCUT2D eigenvalue weighted by Gasteiger charge is -2.06. The smallest absolute Gasteiger partial charge is 0.119 e. The number of hydrogen-bond donors (Lipinski definition) is 1. The first-order chi connectivity index (χ1) is 6.85. The fraction of sp³-hybridized carbons (Fsp3) is 0.182. The summed E-state index contributed by atoms with van der Waals surface area (Å²) in [7, 11) is 1.65. The van der Waals surface area contributed by atoms with Crippen LogP contribution in [0.15, 0.2) is 30.5 Å². The van der Waals surface area contributed by atoms with Crippen LogP contribution in [0.25, 0.3) is 10.9 Å². The fourth-order valence-electron chi connectivity index (χ4n) is 1.51. The number of rotatable bonds is 2. The zero-order valence-corrected chi connectivity index (χ0v) is 8.03. The molecule has 0 aliphatic rings. The van der Waals surface area contributed by atoms with E-state index < -0.39 is 0 Å². The highest BCUT2D eigenvalue weighted by atomic mass is 16.5. The lowest BCUT2D eigenvalue weighted by Crippen LogP contribution is -1.99. The molecule has 14 heavy (non-hydrogen) atoms. The zero-order valence-electron chi connectivity index (χ0n) is 8.03. The van der Waals surface area contributed by atoms with Crippen molar-refractivity contribution in [1.29, 1.82) is 0 Å². The minimum atomic E-state index is 0.477. The molecule has 0 amide bonds. The van der Waals surface area contributed by atoms with Crippen molar-refractivity contribution < 1.29 is 4.74 Å². The average Bonchev–Trinajstić information content (AvgIpc) is 2.27. The Balaban J connectivity index is 2.73. The van der Waals surface area contributed by atoms with Crippen LogP contribution >= 0.6 is 0 Å². The standard InChI is InChI=1S/C11H12N2O/c1-14-10-5-8-3-2-4-13-11(8)9(6-10)7-12/h2-6H,7,12H2,1H3. The third kappa shape index (κ3) is 1.42. The van der Waals surface area contributed by atoms with Crippen LogP contribution in [0.5, 0.6) is 5.75 Å². The van der Waals surface area contributed by atoms with E-state index in [0.29, 0.717) is 6.54 Å². The highest BCUT2D eigenvalue weighted by Gasteiger charge is 2.03. The molecule has 3 nitrogen and oxygen atoms in total. The molecular formula is C11H12N2O. The van der Waals surface area contributed by atoms with E-state index in [0.717, 1.165) is 22.2 Å². The van der Waals surface area contributed by atoms with Gasteiger partial charge in [0.1, 0.15) is 5.75 Å². The molecule has 1 heterocycles. The lowest BCUT2D eigenvalue weighted by molar-refractivity contribution is 0.415. The molecule has 0 unspecified atom stereocenters. The number of hydrogen-bond acceptors (Lipinski definition) is 3. The maximum atomic E-state index is 5.64. The number of methoxy groups -OCH3 is 1. The van der Waals surface area contributed by atoms with Crippen LogP contribution in [0, 0.1) is 0 Å². The Hall–Kier alpha value is -1.61. The first-order valence-corrected chi connectivity index (χ1v) is 4.47. The van der Waals surface area contributed by atoms with Crippen molar-refractivity contribution >= 4 is 10.9 Å². The Kier molecular flexibility index (Phi) is 2.33. The number of nitrogens with two attached hydrogens (primary N) is 1. The average molecular weight is 188 g/mol. The van der Waals surface area contributed by atoms with E-state index in [4.69, 9.17) is 10.5 Å². The largest absolute Gasteiger partial charge is 0.497 e. The van der Waals surface area contributed by atoms with Crippen LogP contribution in [0.3, 0.4) is 0 Å². The van der Waals surface area contributed by atoms with Crippen LogP contribution in [0.1, 0.15) is 5.56 Å². The number of ether oxygens (including phenoxy) is 1. The van der Waals surface area contributed by atoms with E-state index in [1.165, 1.54) is 0 Å². The molecule has 0 bridgehead atoms. The Bertz CT molecular complexity index is 454. The molecule has 0 saturated carbocycles. The molecule has 0 aliphatic carbocycles. The second-order valence-electron chi connectivity index (χ2n) is 3.07. The first kappa shape index (κ1) is 8.97. The van der Waals surface area contributed by atoms with Gasteiger partial charge in [0.15, 0.2) is 0 Å². The number of pyridine rings is 1. The van der Waals surface area contributed by atoms with Gasteiger partial charge in [0.05, 0.1) is 12.6 Å². The SMILES string of the molecule is COc1cc(CN)c2ncccc2c1. The van der Waals surface area contributed by atoms with Gasteiger partial charge in [-0.2, -0.15) is 0 Å². The Labute approximate surface area is 82.5 Å². The summed E-state index contributed by atoms with van der Waals surface area (Å²) in [5, 5.41) is 1.06. The molecule has 0 spiro atoms. The summed E-state index contributed by atoms with van der Waals surface area (Å²) >= 11 is 0. The second kappa shape index (κ2) is 3.64. The molecule has 0 aliphatic heterocycles. The zero-order chi connectivity index (χ0) is 9.97. The van der Waals surface area contributed by atoms with Crippen molar-refractivity contribution in [3.63, 3.8) is 0 Å². The van der Waals surface area contributed by atoms with Gasteiger partial charge in [0, 0.05) is 18.1 Å². The molecule has 1 aromatic heterocycles. The van der Waals surface area contributed by atoms with Crippen molar-refractivity contribution in [3.8, 4) is 5.75 Å². The van der Waals surface area contributed by atoms with E-state index in [2.05, 4.69) is 4.98 Å². The monoisotopic (exact) mass is 188 g/mol. The summed E-state index contributed by atoms with van der Waals surface area (Å²) in [6.45, 7) is 0.477. The normalized spacial score (nSPS) is 10.4. The Morgan fingerprint density at radius 3 is 3.00 bits per heavy atom. The molecule has 0 atom stereocenters. The molecule has 2 rings (SSSR count). The van der Waals surface area contributed by atoms with Crippen molar-refractivity contribution in [1.82, 2.24) is 4.98 Å². The Morgan fingerprint density at radius 2 is 2.29 bits per heavy atom. The van der Waals surface area contributed by atoms with E-state index in [-0.39, 0.29) is 0 Å². The molecule has 0 saturated heterocycles. The molecule has 1 aromatic carbocycles. The fourth-order valence-corrected chi connectivity index (χ4v) is 1.51. The minimum absolute atomic E-state index is 0.477. The van der Waals surface area contributed by atoms with Gasteiger partial charge in [-0.25, -0.2) is 0 Å². The van der Waals surface area contributed by atoms with Gasteiger partial charge in [0.2, 0.25) is 0 Å². The number of benzene rings is 1. The van der Waals surface area contributed by atoms with Crippen LogP contribution in [0.4, 0.5) is 0 Å². The predicted molar refractivity (Wildman–Crippen MR) is 56.2 cm³/mol. The van der Waals surface area contributed by atoms with Crippen LogP contribution < -0.4 is 10.5 Å². The van der Waals surface area contributed by atoms with E-state index in [1.54, 1.807) is 13.3 Å².